The Balaban J connectivity index is 1.15. The number of aromatic hydroxyl groups is 1. The first-order valence-electron chi connectivity index (χ1n) is 14.3. The summed E-state index contributed by atoms with van der Waals surface area (Å²) in [6.07, 6.45) is 3.23. The van der Waals surface area contributed by atoms with Gasteiger partial charge < -0.3 is 25.4 Å². The number of carbonyl (C=O) groups is 2. The number of rotatable bonds is 6. The van der Waals surface area contributed by atoms with Gasteiger partial charge in [0, 0.05) is 45.8 Å². The van der Waals surface area contributed by atoms with Crippen LogP contribution in [-0.2, 0) is 10.2 Å². The number of anilines is 5. The lowest BCUT2D eigenvalue weighted by Gasteiger charge is -2.23. The summed E-state index contributed by atoms with van der Waals surface area (Å²) in [5.74, 6) is 0.404. The second-order valence-corrected chi connectivity index (χ2v) is 12.9. The van der Waals surface area contributed by atoms with E-state index in [1.54, 1.807) is 52.7 Å². The molecule has 0 saturated heterocycles. The predicted molar refractivity (Wildman–Crippen MR) is 178 cm³/mol. The van der Waals surface area contributed by atoms with E-state index in [9.17, 15) is 14.7 Å². The van der Waals surface area contributed by atoms with Crippen molar-refractivity contribution in [3.8, 4) is 11.4 Å². The van der Waals surface area contributed by atoms with Crippen LogP contribution in [0.2, 0.25) is 5.02 Å². The number of urea groups is 1. The quantitative estimate of drug-likeness (QED) is 0.166. The van der Waals surface area contributed by atoms with Gasteiger partial charge in [-0.25, -0.2) is 14.3 Å². The normalized spacial score (nSPS) is 15.1. The Morgan fingerprint density at radius 3 is 2.53 bits per heavy atom. The Bertz CT molecular complexity index is 1820. The molecule has 232 valence electrons. The molecule has 11 nitrogen and oxygen atoms in total. The molecular formula is C32H32ClN7O4S. The molecule has 4 aromatic rings. The summed E-state index contributed by atoms with van der Waals surface area (Å²) in [5, 5.41) is 23.9. The lowest BCUT2D eigenvalue weighted by molar-refractivity contribution is 0.122. The zero-order chi connectivity index (χ0) is 31.9. The summed E-state index contributed by atoms with van der Waals surface area (Å²) in [6, 6.07) is 19.5. The maximum absolute atomic E-state index is 13.2. The van der Waals surface area contributed by atoms with E-state index in [-0.39, 0.29) is 27.8 Å². The molecule has 1 unspecified atom stereocenters. The molecule has 1 atom stereocenters. The Kier molecular flexibility index (Phi) is 8.02. The second kappa shape index (κ2) is 11.9. The minimum Gasteiger partial charge on any atom is -0.506 e. The van der Waals surface area contributed by atoms with E-state index in [1.165, 1.54) is 6.07 Å². The van der Waals surface area contributed by atoms with Gasteiger partial charge in [0.05, 0.1) is 28.7 Å². The van der Waals surface area contributed by atoms with Gasteiger partial charge in [0.1, 0.15) is 11.6 Å². The number of thioether (sulfide) groups is 1. The Morgan fingerprint density at radius 1 is 1.00 bits per heavy atom. The van der Waals surface area contributed by atoms with Gasteiger partial charge in [0.2, 0.25) is 0 Å². The molecule has 3 heterocycles. The molecule has 45 heavy (non-hydrogen) atoms. The lowest BCUT2D eigenvalue weighted by Crippen LogP contribution is -2.37. The lowest BCUT2D eigenvalue weighted by atomic mass is 9.92. The average Bonchev–Trinajstić information content (AvgIpc) is 3.69. The molecule has 2 aliphatic heterocycles. The van der Waals surface area contributed by atoms with Crippen molar-refractivity contribution in [2.75, 3.05) is 27.5 Å². The van der Waals surface area contributed by atoms with Crippen molar-refractivity contribution in [2.45, 2.75) is 43.5 Å². The SMILES string of the molecule is CCOC(=O)N1C=CN2c3cc(Nc4cccc(NC(=O)Nc5cc(C(C)(C)C)nn5-c5ccc(O)c(Cl)c5)c4)ccc3SC12. The van der Waals surface area contributed by atoms with Crippen LogP contribution >= 0.6 is 23.4 Å². The Hall–Kier alpha value is -4.81. The van der Waals surface area contributed by atoms with Gasteiger partial charge >= 0.3 is 12.1 Å². The minimum atomic E-state index is -0.453. The Labute approximate surface area is 269 Å². The number of fused-ring (bicyclic) bond motifs is 3. The summed E-state index contributed by atoms with van der Waals surface area (Å²) in [7, 11) is 0. The van der Waals surface area contributed by atoms with Gasteiger partial charge in [-0.3, -0.25) is 10.2 Å². The van der Waals surface area contributed by atoms with Crippen molar-refractivity contribution in [1.29, 1.82) is 0 Å². The van der Waals surface area contributed by atoms with E-state index >= 15 is 0 Å². The molecular weight excluding hydrogens is 614 g/mol. The number of nitrogens with zero attached hydrogens (tertiary/aromatic N) is 4. The maximum Gasteiger partial charge on any atom is 0.416 e. The number of phenols is 1. The molecule has 3 aromatic carbocycles. The third-order valence-corrected chi connectivity index (χ3v) is 8.68. The van der Waals surface area contributed by atoms with E-state index in [0.29, 0.717) is 23.8 Å². The van der Waals surface area contributed by atoms with E-state index in [2.05, 4.69) is 16.0 Å². The van der Waals surface area contributed by atoms with Gasteiger partial charge in [0.25, 0.3) is 0 Å². The van der Waals surface area contributed by atoms with Crippen LogP contribution in [-0.4, -0.2) is 44.0 Å². The summed E-state index contributed by atoms with van der Waals surface area (Å²) < 4.78 is 6.77. The van der Waals surface area contributed by atoms with Gasteiger partial charge in [-0.15, -0.1) is 0 Å². The number of carbonyl (C=O) groups excluding carboxylic acids is 2. The molecule has 3 amide bonds. The molecule has 4 N–H and O–H groups in total. The van der Waals surface area contributed by atoms with Crippen LogP contribution < -0.4 is 20.9 Å². The third kappa shape index (κ3) is 6.24. The number of benzene rings is 3. The highest BCUT2D eigenvalue weighted by atomic mass is 35.5. The summed E-state index contributed by atoms with van der Waals surface area (Å²) in [4.78, 5) is 30.2. The maximum atomic E-state index is 13.2. The van der Waals surface area contributed by atoms with Crippen LogP contribution in [0.1, 0.15) is 33.4 Å². The standard InChI is InChI=1S/C32H32ClN7O4S/c1-5-44-31(43)39-14-13-38-24-16-21(9-12-26(24)45-30(38)39)34-19-7-6-8-20(15-19)35-29(42)36-28-18-27(32(2,3)4)37-40(28)22-10-11-25(41)23(33)17-22/h6-18,30,34,41H,5H2,1-4H3,(H2,35,36,42). The minimum absolute atomic E-state index is 0.0409. The first-order chi connectivity index (χ1) is 21.5. The van der Waals surface area contributed by atoms with E-state index in [4.69, 9.17) is 21.4 Å². The summed E-state index contributed by atoms with van der Waals surface area (Å²) >= 11 is 7.74. The number of ether oxygens (including phenoxy) is 1. The van der Waals surface area contributed by atoms with Crippen molar-refractivity contribution in [2.24, 2.45) is 0 Å². The van der Waals surface area contributed by atoms with E-state index < -0.39 is 6.03 Å². The molecule has 13 heteroatoms. The van der Waals surface area contributed by atoms with Crippen LogP contribution in [0.15, 0.2) is 84.0 Å². The highest BCUT2D eigenvalue weighted by Gasteiger charge is 2.39. The van der Waals surface area contributed by atoms with Gasteiger partial charge in [-0.2, -0.15) is 5.10 Å². The molecule has 0 bridgehead atoms. The van der Waals surface area contributed by atoms with Crippen molar-refractivity contribution in [3.05, 3.63) is 89.8 Å². The molecule has 2 aliphatic rings. The number of amides is 3. The largest absolute Gasteiger partial charge is 0.506 e. The average molecular weight is 646 g/mol. The third-order valence-electron chi connectivity index (χ3n) is 7.12. The highest BCUT2D eigenvalue weighted by molar-refractivity contribution is 8.00. The molecule has 0 radical (unpaired) electrons. The first kappa shape index (κ1) is 30.2. The topological polar surface area (TPSA) is 124 Å². The highest BCUT2D eigenvalue weighted by Crippen LogP contribution is 2.48. The zero-order valence-corrected chi connectivity index (χ0v) is 26.6. The summed E-state index contributed by atoms with van der Waals surface area (Å²) in [6.45, 7) is 8.20. The van der Waals surface area contributed by atoms with Crippen LogP contribution in [0.4, 0.5) is 38.2 Å². The fraction of sp³-hybridized carbons (Fsp3) is 0.219. The fourth-order valence-electron chi connectivity index (χ4n) is 4.88. The van der Waals surface area contributed by atoms with Crippen LogP contribution in [0.25, 0.3) is 5.69 Å². The predicted octanol–water partition coefficient (Wildman–Crippen LogP) is 8.06. The molecule has 6 rings (SSSR count). The number of nitrogens with one attached hydrogen (secondary N) is 3. The first-order valence-corrected chi connectivity index (χ1v) is 15.5. The zero-order valence-electron chi connectivity index (χ0n) is 25.0. The molecule has 1 aromatic heterocycles. The number of hydrogen-bond donors (Lipinski definition) is 4. The van der Waals surface area contributed by atoms with Crippen molar-refractivity contribution in [3.63, 3.8) is 0 Å². The van der Waals surface area contributed by atoms with Crippen LogP contribution in [0.3, 0.4) is 0 Å². The Morgan fingerprint density at radius 2 is 1.78 bits per heavy atom. The fourth-order valence-corrected chi connectivity index (χ4v) is 6.28. The van der Waals surface area contributed by atoms with E-state index in [1.807, 2.05) is 74.3 Å². The second-order valence-electron chi connectivity index (χ2n) is 11.4. The molecule has 0 saturated carbocycles. The number of halogens is 1. The monoisotopic (exact) mass is 645 g/mol. The number of aromatic nitrogens is 2. The van der Waals surface area contributed by atoms with Crippen molar-refractivity contribution >= 4 is 64.1 Å². The summed E-state index contributed by atoms with van der Waals surface area (Å²) in [5.41, 5.74) is 4.05. The molecule has 0 fully saturated rings. The number of hydrogen-bond acceptors (Lipinski definition) is 8. The molecule has 0 aliphatic carbocycles. The smallest absolute Gasteiger partial charge is 0.416 e. The van der Waals surface area contributed by atoms with Crippen LogP contribution in [0.5, 0.6) is 5.75 Å². The van der Waals surface area contributed by atoms with Gasteiger partial charge in [-0.05, 0) is 61.5 Å². The molecule has 0 spiro atoms. The van der Waals surface area contributed by atoms with Crippen molar-refractivity contribution < 1.29 is 19.4 Å². The van der Waals surface area contributed by atoms with Gasteiger partial charge in [0.15, 0.2) is 5.50 Å². The van der Waals surface area contributed by atoms with Gasteiger partial charge in [-0.1, -0.05) is 50.2 Å². The van der Waals surface area contributed by atoms with Crippen molar-refractivity contribution in [1.82, 2.24) is 14.7 Å². The number of phenolic OH excluding ortho intramolecular Hbond substituents is 1. The van der Waals surface area contributed by atoms with Crippen LogP contribution in [0, 0.1) is 0 Å². The van der Waals surface area contributed by atoms with E-state index in [0.717, 1.165) is 27.7 Å².